The number of fused-ring (bicyclic) bond motifs is 1. The van der Waals surface area contributed by atoms with E-state index in [9.17, 15) is 9.59 Å². The Kier molecular flexibility index (Phi) is 6.27. The third-order valence-electron chi connectivity index (χ3n) is 5.23. The lowest BCUT2D eigenvalue weighted by Crippen LogP contribution is -2.41. The van der Waals surface area contributed by atoms with Gasteiger partial charge in [0.2, 0.25) is 5.91 Å². The van der Waals surface area contributed by atoms with Gasteiger partial charge in [-0.2, -0.15) is 5.10 Å². The Morgan fingerprint density at radius 1 is 1.24 bits per heavy atom. The van der Waals surface area contributed by atoms with Gasteiger partial charge in [0, 0.05) is 43.3 Å². The Morgan fingerprint density at radius 3 is 2.62 bits per heavy atom. The van der Waals surface area contributed by atoms with Crippen LogP contribution in [0.25, 0.3) is 0 Å². The average molecular weight is 419 g/mol. The topological polar surface area (TPSA) is 85.7 Å². The Bertz CT molecular complexity index is 821. The van der Waals surface area contributed by atoms with Gasteiger partial charge in [-0.1, -0.05) is 0 Å². The van der Waals surface area contributed by atoms with Crippen LogP contribution in [0.2, 0.25) is 0 Å². The van der Waals surface area contributed by atoms with Gasteiger partial charge >= 0.3 is 0 Å². The smallest absolute Gasteiger partial charge is 0.261 e. The minimum Gasteiger partial charge on any atom is -0.371 e. The van der Waals surface area contributed by atoms with E-state index >= 15 is 0 Å². The molecule has 4 rings (SSSR count). The first-order valence-electron chi connectivity index (χ1n) is 9.94. The maximum Gasteiger partial charge on any atom is 0.261 e. The second-order valence-electron chi connectivity index (χ2n) is 7.50. The van der Waals surface area contributed by atoms with Crippen LogP contribution in [0.3, 0.4) is 0 Å². The molecule has 0 unspecified atom stereocenters. The van der Waals surface area contributed by atoms with Gasteiger partial charge in [0.1, 0.15) is 12.2 Å². The van der Waals surface area contributed by atoms with Gasteiger partial charge < -0.3 is 19.7 Å². The number of hydrogen-bond donors (Lipinski definition) is 1. The zero-order valence-electron chi connectivity index (χ0n) is 16.5. The highest BCUT2D eigenvalue weighted by Gasteiger charge is 2.39. The largest absolute Gasteiger partial charge is 0.371 e. The Balaban J connectivity index is 1.21. The lowest BCUT2D eigenvalue weighted by Gasteiger charge is -2.19. The van der Waals surface area contributed by atoms with Gasteiger partial charge in [0.25, 0.3) is 5.91 Å². The Morgan fingerprint density at radius 2 is 2.00 bits per heavy atom. The summed E-state index contributed by atoms with van der Waals surface area (Å²) in [5, 5.41) is 7.14. The van der Waals surface area contributed by atoms with Gasteiger partial charge in [-0.3, -0.25) is 14.3 Å². The number of ether oxygens (including phenoxy) is 2. The number of likely N-dealkylation sites (tertiary alicyclic amines) is 1. The van der Waals surface area contributed by atoms with Crippen molar-refractivity contribution in [3.8, 4) is 0 Å². The summed E-state index contributed by atoms with van der Waals surface area (Å²) >= 11 is 1.47. The van der Waals surface area contributed by atoms with Crippen molar-refractivity contribution in [1.82, 2.24) is 20.0 Å². The summed E-state index contributed by atoms with van der Waals surface area (Å²) in [4.78, 5) is 28.5. The Labute approximate surface area is 173 Å². The molecule has 0 aliphatic carbocycles. The summed E-state index contributed by atoms with van der Waals surface area (Å²) in [7, 11) is 0. The van der Waals surface area contributed by atoms with Crippen LogP contribution in [0.5, 0.6) is 0 Å². The van der Waals surface area contributed by atoms with Crippen LogP contribution in [0.4, 0.5) is 0 Å². The standard InChI is InChI=1S/C20H26N4O4S/c1-14-5-6-18(29-14)20(26)22-15-12-27-16-10-23(11-17(16)28-13-15)19(25)4-2-8-24-9-3-7-21-24/h3,5-7,9,15-17H,2,4,8,10-13H2,1H3,(H,22,26)/t16-,17-/m0/s1. The number of amides is 2. The summed E-state index contributed by atoms with van der Waals surface area (Å²) in [6.07, 6.45) is 4.59. The van der Waals surface area contributed by atoms with Gasteiger partial charge in [-0.15, -0.1) is 11.3 Å². The molecule has 2 amide bonds. The summed E-state index contributed by atoms with van der Waals surface area (Å²) in [5.41, 5.74) is 0. The van der Waals surface area contributed by atoms with Crippen LogP contribution in [-0.4, -0.2) is 71.0 Å². The van der Waals surface area contributed by atoms with E-state index in [2.05, 4.69) is 10.4 Å². The second-order valence-corrected chi connectivity index (χ2v) is 8.78. The maximum absolute atomic E-state index is 12.5. The fourth-order valence-corrected chi connectivity index (χ4v) is 4.45. The molecule has 2 aliphatic rings. The predicted molar refractivity (Wildman–Crippen MR) is 108 cm³/mol. The number of carbonyl (C=O) groups excluding carboxylic acids is 2. The van der Waals surface area contributed by atoms with Crippen LogP contribution in [0.15, 0.2) is 30.6 Å². The Hall–Kier alpha value is -2.23. The fourth-order valence-electron chi connectivity index (χ4n) is 3.67. The van der Waals surface area contributed by atoms with E-state index in [0.29, 0.717) is 37.6 Å². The second kappa shape index (κ2) is 9.06. The van der Waals surface area contributed by atoms with E-state index in [1.54, 1.807) is 6.20 Å². The van der Waals surface area contributed by atoms with Crippen molar-refractivity contribution in [2.45, 2.75) is 44.6 Å². The molecule has 0 saturated carbocycles. The quantitative estimate of drug-likeness (QED) is 0.768. The lowest BCUT2D eigenvalue weighted by atomic mass is 10.3. The first-order valence-corrected chi connectivity index (χ1v) is 10.8. The van der Waals surface area contributed by atoms with Crippen molar-refractivity contribution in [3.05, 3.63) is 40.3 Å². The molecule has 0 aromatic carbocycles. The minimum atomic E-state index is -0.186. The van der Waals surface area contributed by atoms with Crippen molar-refractivity contribution in [2.75, 3.05) is 26.3 Å². The number of nitrogens with zero attached hydrogens (tertiary/aromatic N) is 3. The number of carbonyl (C=O) groups is 2. The molecule has 2 aromatic rings. The molecule has 0 radical (unpaired) electrons. The molecule has 4 heterocycles. The van der Waals surface area contributed by atoms with Crippen molar-refractivity contribution in [1.29, 1.82) is 0 Å². The molecule has 0 bridgehead atoms. The molecule has 9 heteroatoms. The maximum atomic E-state index is 12.5. The van der Waals surface area contributed by atoms with Gasteiger partial charge in [-0.05, 0) is 31.5 Å². The van der Waals surface area contributed by atoms with Gasteiger partial charge in [0.15, 0.2) is 0 Å². The van der Waals surface area contributed by atoms with E-state index in [1.165, 1.54) is 11.3 Å². The number of nitrogens with one attached hydrogen (secondary N) is 1. The van der Waals surface area contributed by atoms with Crippen molar-refractivity contribution in [2.24, 2.45) is 0 Å². The van der Waals surface area contributed by atoms with Crippen LogP contribution in [0, 0.1) is 6.92 Å². The summed E-state index contributed by atoms with van der Waals surface area (Å²) in [6.45, 7) is 4.56. The number of aromatic nitrogens is 2. The highest BCUT2D eigenvalue weighted by Crippen LogP contribution is 2.22. The van der Waals surface area contributed by atoms with Gasteiger partial charge in [-0.25, -0.2) is 0 Å². The zero-order valence-corrected chi connectivity index (χ0v) is 17.3. The first kappa shape index (κ1) is 20.1. The van der Waals surface area contributed by atoms with E-state index in [1.807, 2.05) is 40.9 Å². The molecule has 2 saturated heterocycles. The molecule has 0 spiro atoms. The molecule has 8 nitrogen and oxygen atoms in total. The van der Waals surface area contributed by atoms with Gasteiger partial charge in [0.05, 0.1) is 24.1 Å². The van der Waals surface area contributed by atoms with E-state index in [0.717, 1.165) is 17.8 Å². The van der Waals surface area contributed by atoms with E-state index in [4.69, 9.17) is 9.47 Å². The molecular weight excluding hydrogens is 392 g/mol. The summed E-state index contributed by atoms with van der Waals surface area (Å²) < 4.78 is 13.8. The fraction of sp³-hybridized carbons (Fsp3) is 0.550. The number of aryl methyl sites for hydroxylation is 2. The first-order chi connectivity index (χ1) is 14.1. The van der Waals surface area contributed by atoms with Crippen molar-refractivity contribution < 1.29 is 19.1 Å². The third kappa shape index (κ3) is 5.04. The van der Waals surface area contributed by atoms with Crippen LogP contribution >= 0.6 is 11.3 Å². The molecule has 156 valence electrons. The summed E-state index contributed by atoms with van der Waals surface area (Å²) in [5.74, 6) is 0.0247. The number of rotatable bonds is 6. The average Bonchev–Trinajstić information content (AvgIpc) is 3.43. The molecular formula is C20H26N4O4S. The van der Waals surface area contributed by atoms with Crippen LogP contribution in [0.1, 0.15) is 27.4 Å². The zero-order chi connectivity index (χ0) is 20.2. The molecule has 29 heavy (non-hydrogen) atoms. The predicted octanol–water partition coefficient (Wildman–Crippen LogP) is 1.46. The molecule has 2 atom stereocenters. The molecule has 2 aromatic heterocycles. The van der Waals surface area contributed by atoms with E-state index in [-0.39, 0.29) is 30.1 Å². The van der Waals surface area contributed by atoms with Crippen LogP contribution < -0.4 is 5.32 Å². The van der Waals surface area contributed by atoms with E-state index < -0.39 is 0 Å². The monoisotopic (exact) mass is 418 g/mol. The number of thiophene rings is 1. The molecule has 1 N–H and O–H groups in total. The summed E-state index contributed by atoms with van der Waals surface area (Å²) in [6, 6.07) is 5.46. The normalized spacial score (nSPS) is 22.3. The number of hydrogen-bond acceptors (Lipinski definition) is 6. The van der Waals surface area contributed by atoms with Crippen molar-refractivity contribution in [3.63, 3.8) is 0 Å². The lowest BCUT2D eigenvalue weighted by molar-refractivity contribution is -0.131. The highest BCUT2D eigenvalue weighted by atomic mass is 32.1. The van der Waals surface area contributed by atoms with Crippen LogP contribution in [-0.2, 0) is 20.8 Å². The highest BCUT2D eigenvalue weighted by molar-refractivity contribution is 7.13. The molecule has 2 aliphatic heterocycles. The minimum absolute atomic E-state index is 0.0960. The van der Waals surface area contributed by atoms with Crippen molar-refractivity contribution >= 4 is 23.2 Å². The molecule has 2 fully saturated rings. The third-order valence-corrected chi connectivity index (χ3v) is 6.23. The SMILES string of the molecule is Cc1ccc(C(=O)NC2CO[C@H]3CN(C(=O)CCCn4cccn4)C[C@@H]3OC2)s1.